The van der Waals surface area contributed by atoms with Crippen molar-refractivity contribution in [2.75, 3.05) is 23.7 Å². The van der Waals surface area contributed by atoms with Crippen molar-refractivity contribution in [2.45, 2.75) is 46.6 Å². The Hall–Kier alpha value is -2.54. The van der Waals surface area contributed by atoms with Crippen LogP contribution < -0.4 is 14.4 Å². The van der Waals surface area contributed by atoms with Crippen LogP contribution in [0.2, 0.25) is 0 Å². The van der Waals surface area contributed by atoms with Gasteiger partial charge in [-0.3, -0.25) is 9.10 Å². The SMILES string of the molecule is Cc1cccc(N(CC(=O)NCCCc2cccc(OC(C)C)c2)S(C)(=O)=O)c1C. The molecule has 1 N–H and O–H groups in total. The fourth-order valence-corrected chi connectivity index (χ4v) is 4.05. The molecule has 0 atom stereocenters. The molecule has 0 saturated heterocycles. The van der Waals surface area contributed by atoms with Crippen LogP contribution in [-0.2, 0) is 21.2 Å². The summed E-state index contributed by atoms with van der Waals surface area (Å²) in [5, 5.41) is 2.83. The summed E-state index contributed by atoms with van der Waals surface area (Å²) < 4.78 is 31.4. The van der Waals surface area contributed by atoms with Crippen molar-refractivity contribution < 1.29 is 17.9 Å². The van der Waals surface area contributed by atoms with Gasteiger partial charge in [0.15, 0.2) is 0 Å². The van der Waals surface area contributed by atoms with Gasteiger partial charge in [-0.1, -0.05) is 24.3 Å². The summed E-state index contributed by atoms with van der Waals surface area (Å²) in [6, 6.07) is 13.4. The summed E-state index contributed by atoms with van der Waals surface area (Å²) >= 11 is 0. The van der Waals surface area contributed by atoms with Crippen LogP contribution >= 0.6 is 0 Å². The van der Waals surface area contributed by atoms with Gasteiger partial charge in [0.1, 0.15) is 12.3 Å². The lowest BCUT2D eigenvalue weighted by atomic mass is 10.1. The Balaban J connectivity index is 1.92. The maximum Gasteiger partial charge on any atom is 0.240 e. The average Bonchev–Trinajstić information content (AvgIpc) is 2.65. The van der Waals surface area contributed by atoms with Gasteiger partial charge >= 0.3 is 0 Å². The normalized spacial score (nSPS) is 11.4. The third-order valence-electron chi connectivity index (χ3n) is 4.77. The van der Waals surface area contributed by atoms with Gasteiger partial charge in [-0.05, 0) is 75.4 Å². The highest BCUT2D eigenvalue weighted by atomic mass is 32.2. The molecular formula is C23H32N2O4S. The molecule has 0 spiro atoms. The number of sulfonamides is 1. The molecule has 6 nitrogen and oxygen atoms in total. The Labute approximate surface area is 180 Å². The molecule has 0 aliphatic heterocycles. The van der Waals surface area contributed by atoms with Crippen LogP contribution in [0, 0.1) is 13.8 Å². The van der Waals surface area contributed by atoms with Gasteiger partial charge in [0.25, 0.3) is 0 Å². The Morgan fingerprint density at radius 3 is 2.50 bits per heavy atom. The molecule has 0 bridgehead atoms. The number of amides is 1. The summed E-state index contributed by atoms with van der Waals surface area (Å²) in [6.45, 7) is 7.98. The molecule has 2 rings (SSSR count). The van der Waals surface area contributed by atoms with Crippen molar-refractivity contribution >= 4 is 21.6 Å². The van der Waals surface area contributed by atoms with Crippen molar-refractivity contribution in [3.8, 4) is 5.75 Å². The van der Waals surface area contributed by atoms with E-state index >= 15 is 0 Å². The highest BCUT2D eigenvalue weighted by molar-refractivity contribution is 7.92. The second kappa shape index (κ2) is 10.5. The number of carbonyl (C=O) groups is 1. The molecule has 0 saturated carbocycles. The number of carbonyl (C=O) groups excluding carboxylic acids is 1. The lowest BCUT2D eigenvalue weighted by Crippen LogP contribution is -2.41. The van der Waals surface area contributed by atoms with Crippen molar-refractivity contribution in [1.29, 1.82) is 0 Å². The standard InChI is InChI=1S/C23H32N2O4S/c1-17(2)29-21-12-7-10-20(15-21)11-8-14-24-23(26)16-25(30(5,27)28)22-13-6-9-18(3)19(22)4/h6-7,9-10,12-13,15,17H,8,11,14,16H2,1-5H3,(H,24,26). The van der Waals surface area contributed by atoms with E-state index < -0.39 is 10.0 Å². The second-order valence-corrected chi connectivity index (χ2v) is 9.66. The van der Waals surface area contributed by atoms with Gasteiger partial charge < -0.3 is 10.1 Å². The molecule has 2 aromatic carbocycles. The minimum absolute atomic E-state index is 0.120. The Kier molecular flexibility index (Phi) is 8.29. The van der Waals surface area contributed by atoms with Gasteiger partial charge in [0.2, 0.25) is 15.9 Å². The summed E-state index contributed by atoms with van der Waals surface area (Å²) in [4.78, 5) is 12.4. The van der Waals surface area contributed by atoms with Gasteiger partial charge in [-0.15, -0.1) is 0 Å². The molecule has 7 heteroatoms. The van der Waals surface area contributed by atoms with Crippen LogP contribution in [0.25, 0.3) is 0 Å². The van der Waals surface area contributed by atoms with Crippen LogP contribution in [0.15, 0.2) is 42.5 Å². The van der Waals surface area contributed by atoms with Crippen molar-refractivity contribution in [1.82, 2.24) is 5.32 Å². The largest absolute Gasteiger partial charge is 0.491 e. The fraction of sp³-hybridized carbons (Fsp3) is 0.435. The summed E-state index contributed by atoms with van der Waals surface area (Å²) in [5.41, 5.74) is 3.50. The lowest BCUT2D eigenvalue weighted by molar-refractivity contribution is -0.119. The first-order valence-corrected chi connectivity index (χ1v) is 12.0. The number of ether oxygens (including phenoxy) is 1. The second-order valence-electron chi connectivity index (χ2n) is 7.76. The van der Waals surface area contributed by atoms with Crippen LogP contribution in [0.5, 0.6) is 5.75 Å². The summed E-state index contributed by atoms with van der Waals surface area (Å²) in [5.74, 6) is 0.516. The van der Waals surface area contributed by atoms with E-state index in [0.29, 0.717) is 12.2 Å². The zero-order chi connectivity index (χ0) is 22.3. The third-order valence-corrected chi connectivity index (χ3v) is 5.89. The molecule has 1 amide bonds. The molecule has 164 valence electrons. The van der Waals surface area contributed by atoms with E-state index in [1.807, 2.05) is 58.0 Å². The number of rotatable bonds is 10. The van der Waals surface area contributed by atoms with Crippen LogP contribution in [0.1, 0.15) is 37.0 Å². The topological polar surface area (TPSA) is 75.7 Å². The Morgan fingerprint density at radius 1 is 1.13 bits per heavy atom. The minimum Gasteiger partial charge on any atom is -0.491 e. The van der Waals surface area contributed by atoms with Gasteiger partial charge in [-0.25, -0.2) is 8.42 Å². The Bertz CT molecular complexity index is 971. The monoisotopic (exact) mass is 432 g/mol. The maximum absolute atomic E-state index is 12.4. The van der Waals surface area contributed by atoms with Crippen molar-refractivity contribution in [3.05, 3.63) is 59.2 Å². The highest BCUT2D eigenvalue weighted by Crippen LogP contribution is 2.24. The van der Waals surface area contributed by atoms with E-state index in [0.717, 1.165) is 45.8 Å². The van der Waals surface area contributed by atoms with E-state index in [2.05, 4.69) is 5.32 Å². The van der Waals surface area contributed by atoms with E-state index in [1.165, 1.54) is 0 Å². The smallest absolute Gasteiger partial charge is 0.240 e. The number of hydrogen-bond acceptors (Lipinski definition) is 4. The zero-order valence-electron chi connectivity index (χ0n) is 18.4. The fourth-order valence-electron chi connectivity index (χ4n) is 3.14. The number of nitrogens with one attached hydrogen (secondary N) is 1. The average molecular weight is 433 g/mol. The Morgan fingerprint density at radius 2 is 1.83 bits per heavy atom. The molecule has 0 unspecified atom stereocenters. The first-order valence-electron chi connectivity index (χ1n) is 10.1. The molecule has 0 radical (unpaired) electrons. The summed E-state index contributed by atoms with van der Waals surface area (Å²) in [6.07, 6.45) is 2.78. The molecule has 0 fully saturated rings. The first-order chi connectivity index (χ1) is 14.1. The minimum atomic E-state index is -3.58. The predicted molar refractivity (Wildman–Crippen MR) is 122 cm³/mol. The number of anilines is 1. The van der Waals surface area contributed by atoms with Crippen molar-refractivity contribution in [3.63, 3.8) is 0 Å². The molecular weight excluding hydrogens is 400 g/mol. The van der Waals surface area contributed by atoms with Crippen molar-refractivity contribution in [2.24, 2.45) is 0 Å². The molecule has 0 heterocycles. The number of benzene rings is 2. The molecule has 0 aromatic heterocycles. The first kappa shape index (κ1) is 23.7. The molecule has 0 aliphatic carbocycles. The third kappa shape index (κ3) is 7.06. The number of nitrogens with zero attached hydrogens (tertiary/aromatic N) is 1. The van der Waals surface area contributed by atoms with E-state index in [4.69, 9.17) is 4.74 Å². The molecule has 30 heavy (non-hydrogen) atoms. The molecule has 2 aromatic rings. The van der Waals surface area contributed by atoms with Crippen LogP contribution in [0.3, 0.4) is 0 Å². The van der Waals surface area contributed by atoms with Crippen LogP contribution in [-0.4, -0.2) is 39.8 Å². The number of hydrogen-bond donors (Lipinski definition) is 1. The number of aryl methyl sites for hydroxylation is 2. The van der Waals surface area contributed by atoms with E-state index in [-0.39, 0.29) is 18.6 Å². The van der Waals surface area contributed by atoms with Gasteiger partial charge in [-0.2, -0.15) is 0 Å². The maximum atomic E-state index is 12.4. The van der Waals surface area contributed by atoms with E-state index in [1.54, 1.807) is 12.1 Å². The highest BCUT2D eigenvalue weighted by Gasteiger charge is 2.22. The summed E-state index contributed by atoms with van der Waals surface area (Å²) in [7, 11) is -3.58. The lowest BCUT2D eigenvalue weighted by Gasteiger charge is -2.24. The van der Waals surface area contributed by atoms with E-state index in [9.17, 15) is 13.2 Å². The molecule has 0 aliphatic rings. The van der Waals surface area contributed by atoms with Gasteiger partial charge in [0.05, 0.1) is 18.0 Å². The quantitative estimate of drug-likeness (QED) is 0.582. The van der Waals surface area contributed by atoms with Gasteiger partial charge in [0, 0.05) is 6.54 Å². The predicted octanol–water partition coefficient (Wildman–Crippen LogP) is 3.61. The van der Waals surface area contributed by atoms with Crippen LogP contribution in [0.4, 0.5) is 5.69 Å². The zero-order valence-corrected chi connectivity index (χ0v) is 19.3.